The van der Waals surface area contributed by atoms with Crippen LogP contribution >= 0.6 is 12.2 Å². The van der Waals surface area contributed by atoms with Crippen molar-refractivity contribution in [3.05, 3.63) is 41.2 Å². The molecule has 24 heavy (non-hydrogen) atoms. The highest BCUT2D eigenvalue weighted by Crippen LogP contribution is 2.31. The molecule has 1 aromatic heterocycles. The van der Waals surface area contributed by atoms with Crippen molar-refractivity contribution in [1.82, 2.24) is 4.57 Å². The first-order valence-electron chi connectivity index (χ1n) is 6.96. The fraction of sp³-hybridized carbons (Fsp3) is 0.250. The Morgan fingerprint density at radius 2 is 2.00 bits per heavy atom. The van der Waals surface area contributed by atoms with Gasteiger partial charge in [0.25, 0.3) is 0 Å². The van der Waals surface area contributed by atoms with E-state index in [9.17, 15) is 18.0 Å². The Morgan fingerprint density at radius 1 is 1.29 bits per heavy atom. The Bertz CT molecular complexity index is 815. The number of aromatic nitrogens is 1. The molecule has 2 rings (SSSR count). The lowest BCUT2D eigenvalue weighted by atomic mass is 10.1. The lowest BCUT2D eigenvalue weighted by Crippen LogP contribution is -2.18. The highest BCUT2D eigenvalue weighted by atomic mass is 32.1. The van der Waals surface area contributed by atoms with E-state index in [1.165, 1.54) is 10.6 Å². The molecule has 0 saturated heterocycles. The molecule has 0 atom stereocenters. The number of alkyl halides is 3. The number of ether oxygens (including phenoxy) is 2. The number of rotatable bonds is 4. The summed E-state index contributed by atoms with van der Waals surface area (Å²) >= 11 is 5.11. The van der Waals surface area contributed by atoms with Gasteiger partial charge in [-0.1, -0.05) is 31.3 Å². The van der Waals surface area contributed by atoms with Gasteiger partial charge in [0.2, 0.25) is 0 Å². The second-order valence-corrected chi connectivity index (χ2v) is 5.34. The molecule has 0 unspecified atom stereocenters. The normalized spacial score (nSPS) is 11.2. The summed E-state index contributed by atoms with van der Waals surface area (Å²) in [7, 11) is 1.56. The average Bonchev–Trinajstić information content (AvgIpc) is 2.49. The molecule has 1 aromatic carbocycles. The number of esters is 1. The number of hydrogen-bond acceptors (Lipinski definition) is 4. The summed E-state index contributed by atoms with van der Waals surface area (Å²) in [5.41, 5.74) is 0.883. The van der Waals surface area contributed by atoms with Gasteiger partial charge in [-0.05, 0) is 17.7 Å². The van der Waals surface area contributed by atoms with Gasteiger partial charge >= 0.3 is 12.3 Å². The number of hydrogen-bond donors (Lipinski definition) is 0. The van der Waals surface area contributed by atoms with E-state index in [-0.39, 0.29) is 10.9 Å². The van der Waals surface area contributed by atoms with Crippen LogP contribution in [0, 0.1) is 4.51 Å². The zero-order valence-electron chi connectivity index (χ0n) is 12.9. The van der Waals surface area contributed by atoms with E-state index in [0.29, 0.717) is 16.9 Å². The quantitative estimate of drug-likeness (QED) is 0.454. The van der Waals surface area contributed by atoms with Gasteiger partial charge in [0, 0.05) is 31.4 Å². The fourth-order valence-corrected chi connectivity index (χ4v) is 2.27. The first-order valence-corrected chi connectivity index (χ1v) is 7.37. The summed E-state index contributed by atoms with van der Waals surface area (Å²) in [5.74, 6) is -0.586. The van der Waals surface area contributed by atoms with Crippen LogP contribution in [0.25, 0.3) is 11.1 Å². The third-order valence-electron chi connectivity index (χ3n) is 3.01. The molecule has 0 aliphatic rings. The second kappa shape index (κ2) is 7.04. The first kappa shape index (κ1) is 18.0. The SMILES string of the molecule is CCC(=O)Oc1cccc(-c2cn(C)cc(OC(F)(F)F)c2=S)c1. The van der Waals surface area contributed by atoms with E-state index in [0.717, 1.165) is 6.20 Å². The third-order valence-corrected chi connectivity index (χ3v) is 3.43. The lowest BCUT2D eigenvalue weighted by molar-refractivity contribution is -0.274. The van der Waals surface area contributed by atoms with Crippen LogP contribution < -0.4 is 9.47 Å². The topological polar surface area (TPSA) is 40.5 Å². The van der Waals surface area contributed by atoms with Gasteiger partial charge in [-0.15, -0.1) is 13.2 Å². The van der Waals surface area contributed by atoms with Crippen molar-refractivity contribution in [2.45, 2.75) is 19.7 Å². The molecule has 0 radical (unpaired) electrons. The smallest absolute Gasteiger partial charge is 0.427 e. The molecule has 0 aliphatic carbocycles. The van der Waals surface area contributed by atoms with E-state index in [4.69, 9.17) is 17.0 Å². The van der Waals surface area contributed by atoms with Gasteiger partial charge in [-0.25, -0.2) is 0 Å². The van der Waals surface area contributed by atoms with Crippen LogP contribution in [-0.4, -0.2) is 16.9 Å². The van der Waals surface area contributed by atoms with Crippen LogP contribution in [0.3, 0.4) is 0 Å². The maximum absolute atomic E-state index is 12.5. The maximum Gasteiger partial charge on any atom is 0.573 e. The zero-order chi connectivity index (χ0) is 17.9. The molecule has 0 aliphatic heterocycles. The molecule has 1 heterocycles. The molecule has 0 saturated carbocycles. The summed E-state index contributed by atoms with van der Waals surface area (Å²) < 4.78 is 47.9. The first-order chi connectivity index (χ1) is 11.2. The zero-order valence-corrected chi connectivity index (χ0v) is 13.7. The fourth-order valence-electron chi connectivity index (χ4n) is 2.01. The van der Waals surface area contributed by atoms with Crippen LogP contribution in [0.4, 0.5) is 13.2 Å². The Balaban J connectivity index is 2.47. The summed E-state index contributed by atoms with van der Waals surface area (Å²) in [6.45, 7) is 1.66. The third kappa shape index (κ3) is 4.58. The minimum Gasteiger partial charge on any atom is -0.427 e. The largest absolute Gasteiger partial charge is 0.573 e. The molecule has 0 amide bonds. The van der Waals surface area contributed by atoms with E-state index in [2.05, 4.69) is 4.74 Å². The molecular formula is C16H14F3NO3S. The molecule has 0 spiro atoms. The van der Waals surface area contributed by atoms with Crippen molar-refractivity contribution in [2.24, 2.45) is 7.05 Å². The van der Waals surface area contributed by atoms with Crippen molar-refractivity contribution < 1.29 is 27.4 Å². The maximum atomic E-state index is 12.5. The van der Waals surface area contributed by atoms with Gasteiger partial charge in [0.05, 0.1) is 4.51 Å². The second-order valence-electron chi connectivity index (χ2n) is 4.93. The summed E-state index contributed by atoms with van der Waals surface area (Å²) in [5, 5.41) is 0. The van der Waals surface area contributed by atoms with Crippen molar-refractivity contribution in [2.75, 3.05) is 0 Å². The summed E-state index contributed by atoms with van der Waals surface area (Å²) in [6, 6.07) is 6.40. The molecule has 2 aromatic rings. The van der Waals surface area contributed by atoms with E-state index in [1.54, 1.807) is 38.4 Å². The predicted molar refractivity (Wildman–Crippen MR) is 84.3 cm³/mol. The number of carbonyl (C=O) groups excluding carboxylic acids is 1. The number of halogens is 3. The Hall–Kier alpha value is -2.35. The van der Waals surface area contributed by atoms with Gasteiger partial charge in [-0.3, -0.25) is 4.79 Å². The number of nitrogens with zero attached hydrogens (tertiary/aromatic N) is 1. The van der Waals surface area contributed by atoms with Gasteiger partial charge in [-0.2, -0.15) is 0 Å². The highest BCUT2D eigenvalue weighted by Gasteiger charge is 2.32. The molecule has 0 bridgehead atoms. The Kier molecular flexibility index (Phi) is 5.28. The van der Waals surface area contributed by atoms with Crippen LogP contribution in [-0.2, 0) is 11.8 Å². The minimum absolute atomic E-state index is 0.0793. The lowest BCUT2D eigenvalue weighted by Gasteiger charge is -2.13. The van der Waals surface area contributed by atoms with Crippen molar-refractivity contribution in [3.8, 4) is 22.6 Å². The van der Waals surface area contributed by atoms with Gasteiger partial charge in [0.15, 0.2) is 5.75 Å². The molecule has 0 N–H and O–H groups in total. The van der Waals surface area contributed by atoms with Crippen LogP contribution in [0.2, 0.25) is 0 Å². The van der Waals surface area contributed by atoms with E-state index < -0.39 is 18.1 Å². The van der Waals surface area contributed by atoms with Gasteiger partial charge in [0.1, 0.15) is 5.75 Å². The summed E-state index contributed by atoms with van der Waals surface area (Å²) in [4.78, 5) is 11.4. The van der Waals surface area contributed by atoms with Crippen LogP contribution in [0.1, 0.15) is 13.3 Å². The average molecular weight is 357 g/mol. The molecule has 8 heteroatoms. The van der Waals surface area contributed by atoms with Crippen LogP contribution in [0.15, 0.2) is 36.7 Å². The monoisotopic (exact) mass is 357 g/mol. The summed E-state index contributed by atoms with van der Waals surface area (Å²) in [6.07, 6.45) is -1.90. The predicted octanol–water partition coefficient (Wildman–Crippen LogP) is 4.64. The molecule has 4 nitrogen and oxygen atoms in total. The van der Waals surface area contributed by atoms with Crippen molar-refractivity contribution in [3.63, 3.8) is 0 Å². The molecule has 0 fully saturated rings. The van der Waals surface area contributed by atoms with Crippen molar-refractivity contribution >= 4 is 18.2 Å². The Morgan fingerprint density at radius 3 is 2.62 bits per heavy atom. The standard InChI is InChI=1S/C16H14F3NO3S/c1-3-14(21)22-11-6-4-5-10(7-11)12-8-20(2)9-13(15(12)24)23-16(17,18)19/h4-9H,3H2,1-2H3. The van der Waals surface area contributed by atoms with E-state index in [1.807, 2.05) is 0 Å². The molecular weight excluding hydrogens is 343 g/mol. The number of pyridine rings is 1. The van der Waals surface area contributed by atoms with E-state index >= 15 is 0 Å². The van der Waals surface area contributed by atoms with Gasteiger partial charge < -0.3 is 14.0 Å². The van der Waals surface area contributed by atoms with Crippen LogP contribution in [0.5, 0.6) is 11.5 Å². The number of aryl methyl sites for hydroxylation is 1. The molecule has 128 valence electrons. The Labute approximate surface area is 141 Å². The minimum atomic E-state index is -4.84. The van der Waals surface area contributed by atoms with Crippen molar-refractivity contribution in [1.29, 1.82) is 0 Å². The number of carbonyl (C=O) groups is 1. The highest BCUT2D eigenvalue weighted by molar-refractivity contribution is 7.71. The number of benzene rings is 1.